The molecule has 0 aliphatic carbocycles. The minimum Gasteiger partial charge on any atom is -0.411 e. The fraction of sp³-hybridized carbons (Fsp3) is 0.742. The fourth-order valence-electron chi connectivity index (χ4n) is 4.56. The molecular weight excluding hydrogens is 575 g/mol. The van der Waals surface area contributed by atoms with Gasteiger partial charge in [0.1, 0.15) is 0 Å². The van der Waals surface area contributed by atoms with E-state index in [-0.39, 0.29) is 29.5 Å². The molecule has 0 radical (unpaired) electrons. The lowest BCUT2D eigenvalue weighted by molar-refractivity contribution is -0.164. The molecule has 36 heavy (non-hydrogen) atoms. The first-order chi connectivity index (χ1) is 17.2. The summed E-state index contributed by atoms with van der Waals surface area (Å²) in [4.78, 5) is 0. The molecule has 0 saturated carbocycles. The van der Waals surface area contributed by atoms with E-state index in [9.17, 15) is 0 Å². The highest BCUT2D eigenvalue weighted by Gasteiger charge is 2.43. The van der Waals surface area contributed by atoms with Crippen LogP contribution in [0.4, 0.5) is 0 Å². The lowest BCUT2D eigenvalue weighted by Gasteiger charge is -2.45. The predicted molar refractivity (Wildman–Crippen MR) is 166 cm³/mol. The number of halogens is 1. The maximum absolute atomic E-state index is 6.94. The summed E-state index contributed by atoms with van der Waals surface area (Å²) in [7, 11) is -1.86. The van der Waals surface area contributed by atoms with Crippen LogP contribution in [0, 0.1) is 0 Å². The zero-order chi connectivity index (χ0) is 26.4. The van der Waals surface area contributed by atoms with E-state index in [1.54, 1.807) is 0 Å². The van der Waals surface area contributed by atoms with Crippen LogP contribution in [0.15, 0.2) is 42.5 Å². The molecule has 0 N–H and O–H groups in total. The van der Waals surface area contributed by atoms with Gasteiger partial charge in [-0.2, -0.15) is 0 Å². The summed E-state index contributed by atoms with van der Waals surface area (Å²) < 4.78 is 21.3. The molecule has 206 valence electrons. The van der Waals surface area contributed by atoms with Crippen LogP contribution >= 0.6 is 22.6 Å². The summed E-state index contributed by atoms with van der Waals surface area (Å²) in [5.74, 6) is 0. The molecule has 2 rings (SSSR count). The van der Waals surface area contributed by atoms with Crippen molar-refractivity contribution in [3.63, 3.8) is 0 Å². The van der Waals surface area contributed by atoms with E-state index >= 15 is 0 Å². The number of unbranched alkanes of at least 4 members (excludes halogenated alkanes) is 4. The number of hydrogen-bond donors (Lipinski definition) is 0. The molecule has 1 saturated heterocycles. The molecule has 5 heteroatoms. The monoisotopic (exact) mass is 628 g/mol. The maximum atomic E-state index is 6.94. The number of ether oxygens (including phenoxy) is 2. The largest absolute Gasteiger partial charge is 0.411 e. The minimum atomic E-state index is -1.86. The number of allylic oxidation sites excluding steroid dienone is 2. The fourth-order valence-corrected chi connectivity index (χ4v) is 6.55. The third-order valence-electron chi connectivity index (χ3n) is 7.88. The second-order valence-electron chi connectivity index (χ2n) is 11.9. The smallest absolute Gasteiger partial charge is 0.192 e. The molecule has 0 aromatic heterocycles. The Hall–Kier alpha value is -0.213. The topological polar surface area (TPSA) is 27.7 Å². The van der Waals surface area contributed by atoms with Gasteiger partial charge in [-0.3, -0.25) is 0 Å². The van der Waals surface area contributed by atoms with Crippen molar-refractivity contribution in [2.75, 3.05) is 4.43 Å². The summed E-state index contributed by atoms with van der Waals surface area (Å²) >= 11 is 2.47. The van der Waals surface area contributed by atoms with Gasteiger partial charge in [0.05, 0.1) is 31.0 Å². The van der Waals surface area contributed by atoms with Crippen molar-refractivity contribution < 1.29 is 13.9 Å². The SMILES string of the molecule is CCCCCC/C=C\CC[C@@H]1O[C@H]([C@H](CCI)OCc2ccccc2)CC[C@H]1O[Si](C)(C)C(C)(C)C. The second-order valence-corrected chi connectivity index (χ2v) is 17.8. The summed E-state index contributed by atoms with van der Waals surface area (Å²) in [5, 5.41) is 0.204. The Morgan fingerprint density at radius 2 is 1.78 bits per heavy atom. The molecule has 0 bridgehead atoms. The first kappa shape index (κ1) is 32.0. The molecule has 0 amide bonds. The number of rotatable bonds is 16. The van der Waals surface area contributed by atoms with E-state index in [1.807, 2.05) is 0 Å². The van der Waals surface area contributed by atoms with Crippen molar-refractivity contribution in [1.82, 2.24) is 0 Å². The molecule has 1 aliphatic rings. The van der Waals surface area contributed by atoms with E-state index in [0.717, 1.165) is 36.5 Å². The number of benzene rings is 1. The van der Waals surface area contributed by atoms with E-state index in [0.29, 0.717) is 6.61 Å². The molecule has 3 nitrogen and oxygen atoms in total. The van der Waals surface area contributed by atoms with Crippen molar-refractivity contribution in [3.05, 3.63) is 48.0 Å². The first-order valence-electron chi connectivity index (χ1n) is 14.4. The van der Waals surface area contributed by atoms with E-state index in [1.165, 1.54) is 37.7 Å². The molecule has 1 aliphatic heterocycles. The Bertz CT molecular complexity index is 731. The van der Waals surface area contributed by atoms with Crippen LogP contribution in [-0.4, -0.2) is 37.2 Å². The maximum Gasteiger partial charge on any atom is 0.192 e. The number of alkyl halides is 1. The quantitative estimate of drug-likeness (QED) is 0.0600. The van der Waals surface area contributed by atoms with Crippen molar-refractivity contribution in [3.8, 4) is 0 Å². The number of hydrogen-bond acceptors (Lipinski definition) is 3. The van der Waals surface area contributed by atoms with E-state index in [4.69, 9.17) is 13.9 Å². The summed E-state index contributed by atoms with van der Waals surface area (Å²) in [6.07, 6.45) is 17.0. The van der Waals surface area contributed by atoms with Gasteiger partial charge in [0, 0.05) is 4.43 Å². The molecule has 0 spiro atoms. The highest BCUT2D eigenvalue weighted by molar-refractivity contribution is 14.1. The van der Waals surface area contributed by atoms with Crippen molar-refractivity contribution in [1.29, 1.82) is 0 Å². The van der Waals surface area contributed by atoms with Crippen LogP contribution in [0.5, 0.6) is 0 Å². The van der Waals surface area contributed by atoms with Gasteiger partial charge in [-0.15, -0.1) is 0 Å². The van der Waals surface area contributed by atoms with Gasteiger partial charge in [0.2, 0.25) is 0 Å². The molecule has 1 heterocycles. The predicted octanol–water partition coefficient (Wildman–Crippen LogP) is 9.64. The molecule has 1 fully saturated rings. The van der Waals surface area contributed by atoms with Crippen LogP contribution in [0.1, 0.15) is 97.5 Å². The molecule has 1 aromatic carbocycles. The molecule has 4 atom stereocenters. The van der Waals surface area contributed by atoms with Crippen LogP contribution in [0.3, 0.4) is 0 Å². The zero-order valence-electron chi connectivity index (χ0n) is 23.9. The van der Waals surface area contributed by atoms with Crippen LogP contribution in [0.25, 0.3) is 0 Å². The zero-order valence-corrected chi connectivity index (χ0v) is 27.1. The van der Waals surface area contributed by atoms with E-state index < -0.39 is 8.32 Å². The third-order valence-corrected chi connectivity index (χ3v) is 13.0. The second kappa shape index (κ2) is 16.7. The molecule has 0 unspecified atom stereocenters. The van der Waals surface area contributed by atoms with Crippen molar-refractivity contribution in [2.24, 2.45) is 0 Å². The Labute approximate surface area is 237 Å². The standard InChI is InChI=1S/C31H53IO3Si/c1-7-8-9-10-11-12-13-17-20-28-30(35-36(5,6)31(2,3)4)22-21-29(34-28)27(23-24-32)33-25-26-18-15-14-16-19-26/h12-16,18-19,27-30H,7-11,17,20-25H2,1-6H3/b13-12-/t27-,28-,29-,30+/m0/s1. The lowest BCUT2D eigenvalue weighted by atomic mass is 9.94. The summed E-state index contributed by atoms with van der Waals surface area (Å²) in [6, 6.07) is 10.5. The van der Waals surface area contributed by atoms with Gasteiger partial charge in [-0.1, -0.05) is 112 Å². The summed E-state index contributed by atoms with van der Waals surface area (Å²) in [6.45, 7) is 14.6. The average molecular weight is 629 g/mol. The van der Waals surface area contributed by atoms with Crippen LogP contribution < -0.4 is 0 Å². The van der Waals surface area contributed by atoms with E-state index in [2.05, 4.69) is 106 Å². The Balaban J connectivity index is 2.02. The highest BCUT2D eigenvalue weighted by atomic mass is 127. The van der Waals surface area contributed by atoms with Crippen molar-refractivity contribution >= 4 is 30.9 Å². The highest BCUT2D eigenvalue weighted by Crippen LogP contribution is 2.40. The minimum absolute atomic E-state index is 0.132. The van der Waals surface area contributed by atoms with Crippen molar-refractivity contribution in [2.45, 2.75) is 141 Å². The molecule has 1 aromatic rings. The van der Waals surface area contributed by atoms with Gasteiger partial charge in [-0.05, 0) is 68.6 Å². The average Bonchev–Trinajstić information content (AvgIpc) is 2.84. The summed E-state index contributed by atoms with van der Waals surface area (Å²) in [5.41, 5.74) is 1.23. The molecular formula is C31H53IO3Si. The lowest BCUT2D eigenvalue weighted by Crippen LogP contribution is -2.52. The van der Waals surface area contributed by atoms with Gasteiger partial charge in [0.25, 0.3) is 0 Å². The normalized spacial score (nSPS) is 22.2. The van der Waals surface area contributed by atoms with Crippen LogP contribution in [0.2, 0.25) is 18.1 Å². The van der Waals surface area contributed by atoms with Gasteiger partial charge >= 0.3 is 0 Å². The van der Waals surface area contributed by atoms with Gasteiger partial charge in [0.15, 0.2) is 8.32 Å². The first-order valence-corrected chi connectivity index (χ1v) is 18.8. The van der Waals surface area contributed by atoms with Gasteiger partial charge < -0.3 is 13.9 Å². The van der Waals surface area contributed by atoms with Gasteiger partial charge in [-0.25, -0.2) is 0 Å². The Kier molecular flexibility index (Phi) is 14.8. The Morgan fingerprint density at radius 1 is 1.06 bits per heavy atom. The van der Waals surface area contributed by atoms with Crippen LogP contribution in [-0.2, 0) is 20.5 Å². The Morgan fingerprint density at radius 3 is 2.44 bits per heavy atom. The third kappa shape index (κ3) is 11.3.